The molecule has 1 N–H and O–H groups in total. The van der Waals surface area contributed by atoms with Crippen molar-refractivity contribution in [3.8, 4) is 5.69 Å². The molecule has 0 aliphatic heterocycles. The summed E-state index contributed by atoms with van der Waals surface area (Å²) >= 11 is 6.01. The first kappa shape index (κ1) is 17.9. The molecule has 1 heterocycles. The highest BCUT2D eigenvalue weighted by Crippen LogP contribution is 2.33. The number of para-hydroxylation sites is 1. The number of aromatic nitrogens is 3. The molecule has 0 fully saturated rings. The summed E-state index contributed by atoms with van der Waals surface area (Å²) in [6, 6.07) is 11.9. The Morgan fingerprint density at radius 2 is 1.81 bits per heavy atom. The van der Waals surface area contributed by atoms with Crippen LogP contribution >= 0.6 is 11.6 Å². The quantitative estimate of drug-likeness (QED) is 0.747. The lowest BCUT2D eigenvalue weighted by atomic mass is 10.1. The van der Waals surface area contributed by atoms with E-state index >= 15 is 0 Å². The first-order valence-corrected chi connectivity index (χ1v) is 7.84. The van der Waals surface area contributed by atoms with Crippen molar-refractivity contribution >= 4 is 17.5 Å². The van der Waals surface area contributed by atoms with Crippen LogP contribution in [0, 0.1) is 0 Å². The molecule has 1 amide bonds. The summed E-state index contributed by atoms with van der Waals surface area (Å²) in [4.78, 5) is 12.2. The molecule has 0 spiro atoms. The monoisotopic (exact) mass is 380 g/mol. The molecule has 2 aromatic carbocycles. The normalized spacial score (nSPS) is 11.4. The highest BCUT2D eigenvalue weighted by Gasteiger charge is 2.34. The molecule has 0 radical (unpaired) electrons. The molecule has 3 aromatic rings. The van der Waals surface area contributed by atoms with E-state index in [0.29, 0.717) is 10.6 Å². The van der Waals surface area contributed by atoms with Gasteiger partial charge in [0.2, 0.25) is 0 Å². The van der Waals surface area contributed by atoms with Crippen molar-refractivity contribution in [2.75, 3.05) is 0 Å². The van der Waals surface area contributed by atoms with Gasteiger partial charge in [-0.05, 0) is 23.8 Å². The lowest BCUT2D eigenvalue weighted by molar-refractivity contribution is -0.137. The summed E-state index contributed by atoms with van der Waals surface area (Å²) in [7, 11) is 0. The minimum absolute atomic E-state index is 0.103. The van der Waals surface area contributed by atoms with Crippen molar-refractivity contribution in [3.05, 3.63) is 76.6 Å². The Hall–Kier alpha value is -2.87. The minimum Gasteiger partial charge on any atom is -0.346 e. The number of halogens is 4. The Balaban J connectivity index is 1.78. The zero-order chi connectivity index (χ0) is 18.7. The van der Waals surface area contributed by atoms with E-state index in [-0.39, 0.29) is 17.9 Å². The highest BCUT2D eigenvalue weighted by molar-refractivity contribution is 6.31. The minimum atomic E-state index is -4.55. The molecule has 9 heteroatoms. The zero-order valence-corrected chi connectivity index (χ0v) is 13.9. The van der Waals surface area contributed by atoms with E-state index < -0.39 is 17.6 Å². The van der Waals surface area contributed by atoms with E-state index in [1.54, 1.807) is 24.3 Å². The second-order valence-corrected chi connectivity index (χ2v) is 5.74. The maximum absolute atomic E-state index is 13.1. The lowest BCUT2D eigenvalue weighted by Crippen LogP contribution is -2.23. The molecule has 3 rings (SSSR count). The van der Waals surface area contributed by atoms with E-state index in [2.05, 4.69) is 15.6 Å². The second kappa shape index (κ2) is 7.17. The maximum Gasteiger partial charge on any atom is 0.418 e. The number of amides is 1. The number of hydrogen-bond acceptors (Lipinski definition) is 3. The molecule has 0 unspecified atom stereocenters. The van der Waals surface area contributed by atoms with Crippen LogP contribution in [-0.2, 0) is 12.7 Å². The fourth-order valence-electron chi connectivity index (χ4n) is 2.31. The molecule has 1 aromatic heterocycles. The fourth-order valence-corrected chi connectivity index (χ4v) is 2.51. The number of carbonyl (C=O) groups excluding carboxylic acids is 1. The van der Waals surface area contributed by atoms with Gasteiger partial charge in [0.25, 0.3) is 5.91 Å². The van der Waals surface area contributed by atoms with Crippen molar-refractivity contribution in [2.24, 2.45) is 0 Å². The standard InChI is InChI=1S/C17H12ClF3N4O/c18-13-7-3-1-5-11(13)9-22-16(26)14-10-25(24-23-14)15-8-4-2-6-12(15)17(19,20)21/h1-8,10H,9H2,(H,22,26). The van der Waals surface area contributed by atoms with Gasteiger partial charge in [0.1, 0.15) is 0 Å². The molecule has 0 saturated heterocycles. The summed E-state index contributed by atoms with van der Waals surface area (Å²) in [6.07, 6.45) is -3.40. The summed E-state index contributed by atoms with van der Waals surface area (Å²) in [5.41, 5.74) is -0.475. The van der Waals surface area contributed by atoms with Crippen LogP contribution in [0.5, 0.6) is 0 Å². The first-order valence-electron chi connectivity index (χ1n) is 7.47. The molecule has 0 aliphatic carbocycles. The smallest absolute Gasteiger partial charge is 0.346 e. The summed E-state index contributed by atoms with van der Waals surface area (Å²) in [5.74, 6) is -0.569. The van der Waals surface area contributed by atoms with Crippen LogP contribution in [0.1, 0.15) is 21.6 Å². The van der Waals surface area contributed by atoms with Gasteiger partial charge in [0.05, 0.1) is 17.4 Å². The van der Waals surface area contributed by atoms with E-state index in [1.165, 1.54) is 18.2 Å². The van der Waals surface area contributed by atoms with Crippen molar-refractivity contribution < 1.29 is 18.0 Å². The zero-order valence-electron chi connectivity index (χ0n) is 13.2. The number of benzene rings is 2. The van der Waals surface area contributed by atoms with Gasteiger partial charge in [0, 0.05) is 11.6 Å². The molecule has 0 aliphatic rings. The van der Waals surface area contributed by atoms with E-state index in [9.17, 15) is 18.0 Å². The van der Waals surface area contributed by atoms with Gasteiger partial charge in [-0.2, -0.15) is 13.2 Å². The number of nitrogens with one attached hydrogen (secondary N) is 1. The Morgan fingerprint density at radius 3 is 2.54 bits per heavy atom. The van der Waals surface area contributed by atoms with Gasteiger partial charge >= 0.3 is 6.18 Å². The lowest BCUT2D eigenvalue weighted by Gasteiger charge is -2.11. The Bertz CT molecular complexity index is 940. The van der Waals surface area contributed by atoms with E-state index in [0.717, 1.165) is 16.9 Å². The van der Waals surface area contributed by atoms with Crippen LogP contribution in [0.2, 0.25) is 5.02 Å². The van der Waals surface area contributed by atoms with Gasteiger partial charge in [-0.25, -0.2) is 4.68 Å². The van der Waals surface area contributed by atoms with Gasteiger partial charge < -0.3 is 5.32 Å². The molecule has 0 saturated carbocycles. The Kier molecular flexibility index (Phi) is 4.94. The summed E-state index contributed by atoms with van der Waals surface area (Å²) in [5, 5.41) is 10.4. The molecule has 26 heavy (non-hydrogen) atoms. The highest BCUT2D eigenvalue weighted by atomic mass is 35.5. The molecule has 0 atom stereocenters. The molecular weight excluding hydrogens is 369 g/mol. The van der Waals surface area contributed by atoms with Gasteiger partial charge in [-0.15, -0.1) is 5.10 Å². The second-order valence-electron chi connectivity index (χ2n) is 5.34. The van der Waals surface area contributed by atoms with Crippen LogP contribution in [-0.4, -0.2) is 20.9 Å². The SMILES string of the molecule is O=C(NCc1ccccc1Cl)c1cn(-c2ccccc2C(F)(F)F)nn1. The molecule has 134 valence electrons. The number of hydrogen-bond donors (Lipinski definition) is 1. The van der Waals surface area contributed by atoms with Crippen LogP contribution in [0.25, 0.3) is 5.69 Å². The summed E-state index contributed by atoms with van der Waals surface area (Å²) < 4.78 is 40.2. The fraction of sp³-hybridized carbons (Fsp3) is 0.118. The third-order valence-electron chi connectivity index (χ3n) is 3.58. The van der Waals surface area contributed by atoms with Crippen LogP contribution in [0.4, 0.5) is 13.2 Å². The number of carbonyl (C=O) groups is 1. The third-order valence-corrected chi connectivity index (χ3v) is 3.95. The average molecular weight is 381 g/mol. The predicted molar refractivity (Wildman–Crippen MR) is 89.0 cm³/mol. The Morgan fingerprint density at radius 1 is 1.12 bits per heavy atom. The van der Waals surface area contributed by atoms with Gasteiger partial charge in [-0.1, -0.05) is 47.1 Å². The van der Waals surface area contributed by atoms with Crippen LogP contribution < -0.4 is 5.32 Å². The molecule has 0 bridgehead atoms. The number of alkyl halides is 3. The van der Waals surface area contributed by atoms with Crippen molar-refractivity contribution in [1.82, 2.24) is 20.3 Å². The van der Waals surface area contributed by atoms with E-state index in [1.807, 2.05) is 0 Å². The maximum atomic E-state index is 13.1. The van der Waals surface area contributed by atoms with Crippen molar-refractivity contribution in [2.45, 2.75) is 12.7 Å². The van der Waals surface area contributed by atoms with Gasteiger partial charge in [0.15, 0.2) is 5.69 Å². The average Bonchev–Trinajstić information content (AvgIpc) is 3.10. The van der Waals surface area contributed by atoms with Crippen LogP contribution in [0.15, 0.2) is 54.7 Å². The van der Waals surface area contributed by atoms with Crippen LogP contribution in [0.3, 0.4) is 0 Å². The molecular formula is C17H12ClF3N4O. The third kappa shape index (κ3) is 3.85. The van der Waals surface area contributed by atoms with Gasteiger partial charge in [-0.3, -0.25) is 4.79 Å². The largest absolute Gasteiger partial charge is 0.418 e. The van der Waals surface area contributed by atoms with Crippen molar-refractivity contribution in [3.63, 3.8) is 0 Å². The van der Waals surface area contributed by atoms with E-state index in [4.69, 9.17) is 11.6 Å². The predicted octanol–water partition coefficient (Wildman–Crippen LogP) is 3.87. The first-order chi connectivity index (χ1) is 12.4. The summed E-state index contributed by atoms with van der Waals surface area (Å²) in [6.45, 7) is 0.157. The topological polar surface area (TPSA) is 59.8 Å². The Labute approximate surface area is 151 Å². The van der Waals surface area contributed by atoms with Crippen molar-refractivity contribution in [1.29, 1.82) is 0 Å². The number of nitrogens with zero attached hydrogens (tertiary/aromatic N) is 3. The number of rotatable bonds is 4. The molecule has 5 nitrogen and oxygen atoms in total.